The van der Waals surface area contributed by atoms with Crippen LogP contribution in [0.4, 0.5) is 11.4 Å². The summed E-state index contributed by atoms with van der Waals surface area (Å²) >= 11 is 1.46. The van der Waals surface area contributed by atoms with Gasteiger partial charge in [-0.15, -0.1) is 11.8 Å². The molecule has 0 bridgehead atoms. The zero-order valence-corrected chi connectivity index (χ0v) is 18.9. The summed E-state index contributed by atoms with van der Waals surface area (Å²) in [5, 5.41) is 5.55. The first-order chi connectivity index (χ1) is 15.6. The van der Waals surface area contributed by atoms with E-state index >= 15 is 0 Å². The lowest BCUT2D eigenvalue weighted by Crippen LogP contribution is -2.24. The first-order valence-corrected chi connectivity index (χ1v) is 11.2. The van der Waals surface area contributed by atoms with E-state index in [0.29, 0.717) is 23.5 Å². The maximum absolute atomic E-state index is 12.8. The van der Waals surface area contributed by atoms with E-state index in [1.165, 1.54) is 17.8 Å². The van der Waals surface area contributed by atoms with Crippen LogP contribution >= 0.6 is 11.8 Å². The fourth-order valence-corrected chi connectivity index (χ4v) is 3.99. The van der Waals surface area contributed by atoms with Gasteiger partial charge in [-0.1, -0.05) is 49.4 Å². The number of hydrogen-bond donors (Lipinski definition) is 2. The monoisotopic (exact) mass is 446 g/mol. The third-order valence-corrected chi connectivity index (χ3v) is 5.97. The van der Waals surface area contributed by atoms with Crippen LogP contribution in [-0.2, 0) is 9.59 Å². The highest BCUT2D eigenvalue weighted by molar-refractivity contribution is 8.00. The van der Waals surface area contributed by atoms with Crippen molar-refractivity contribution in [3.8, 4) is 5.75 Å². The summed E-state index contributed by atoms with van der Waals surface area (Å²) in [5.74, 6) is 0.401. The number of rotatable bonds is 9. The fraction of sp³-hybridized carbons (Fsp3) is 0.154. The molecule has 32 heavy (non-hydrogen) atoms. The molecule has 0 radical (unpaired) electrons. The Morgan fingerprint density at radius 1 is 0.938 bits per heavy atom. The van der Waals surface area contributed by atoms with Crippen LogP contribution in [0.25, 0.3) is 6.08 Å². The molecule has 3 aromatic carbocycles. The number of nitrogens with one attached hydrogen (secondary N) is 2. The Morgan fingerprint density at radius 2 is 1.66 bits per heavy atom. The zero-order chi connectivity index (χ0) is 22.8. The maximum Gasteiger partial charge on any atom is 0.248 e. The molecule has 0 heterocycles. The SMILES string of the molecule is CCC(Sc1cccc(NC(=O)/C=C/c2ccccc2)c1)C(=O)Nc1cccc(OC)c1. The molecule has 0 saturated heterocycles. The molecule has 0 aromatic heterocycles. The van der Waals surface area contributed by atoms with Crippen molar-refractivity contribution < 1.29 is 14.3 Å². The van der Waals surface area contributed by atoms with Gasteiger partial charge in [0.2, 0.25) is 11.8 Å². The molecule has 2 N–H and O–H groups in total. The van der Waals surface area contributed by atoms with Crippen LogP contribution in [0.5, 0.6) is 5.75 Å². The van der Waals surface area contributed by atoms with Crippen molar-refractivity contribution in [2.24, 2.45) is 0 Å². The quantitative estimate of drug-likeness (QED) is 0.319. The predicted molar refractivity (Wildman–Crippen MR) is 132 cm³/mol. The van der Waals surface area contributed by atoms with E-state index in [1.807, 2.05) is 79.7 Å². The number of anilines is 2. The molecular formula is C26H26N2O3S. The molecule has 0 aliphatic heterocycles. The van der Waals surface area contributed by atoms with Crippen LogP contribution in [0.3, 0.4) is 0 Å². The molecule has 0 fully saturated rings. The lowest BCUT2D eigenvalue weighted by atomic mass is 10.2. The second-order valence-electron chi connectivity index (χ2n) is 7.00. The van der Waals surface area contributed by atoms with E-state index in [9.17, 15) is 9.59 Å². The molecule has 0 aliphatic rings. The Kier molecular flexibility index (Phi) is 8.52. The van der Waals surface area contributed by atoms with Crippen LogP contribution in [0.15, 0.2) is 89.8 Å². The second-order valence-corrected chi connectivity index (χ2v) is 8.27. The Labute approximate surface area is 192 Å². The van der Waals surface area contributed by atoms with Crippen LogP contribution in [-0.4, -0.2) is 24.2 Å². The first-order valence-electron chi connectivity index (χ1n) is 10.3. The summed E-state index contributed by atoms with van der Waals surface area (Å²) in [6, 6.07) is 24.4. The number of ether oxygens (including phenoxy) is 1. The number of carbonyl (C=O) groups is 2. The first kappa shape index (κ1) is 23.2. The van der Waals surface area contributed by atoms with Crippen LogP contribution < -0.4 is 15.4 Å². The summed E-state index contributed by atoms with van der Waals surface area (Å²) in [6.07, 6.45) is 3.94. The summed E-state index contributed by atoms with van der Waals surface area (Å²) < 4.78 is 5.21. The van der Waals surface area contributed by atoms with Crippen LogP contribution in [0.2, 0.25) is 0 Å². The van der Waals surface area contributed by atoms with Gasteiger partial charge < -0.3 is 15.4 Å². The minimum Gasteiger partial charge on any atom is -0.497 e. The standard InChI is InChI=1S/C26H26N2O3S/c1-3-24(26(30)28-20-11-7-13-22(17-20)31-2)32-23-14-8-12-21(18-23)27-25(29)16-15-19-9-5-4-6-10-19/h4-18,24H,3H2,1-2H3,(H,27,29)(H,28,30)/b16-15+. The van der Waals surface area contributed by atoms with E-state index in [4.69, 9.17) is 4.74 Å². The van der Waals surface area contributed by atoms with Crippen molar-refractivity contribution in [2.75, 3.05) is 17.7 Å². The van der Waals surface area contributed by atoms with Gasteiger partial charge in [0.05, 0.1) is 12.4 Å². The number of methoxy groups -OCH3 is 1. The van der Waals surface area contributed by atoms with Gasteiger partial charge in [-0.2, -0.15) is 0 Å². The van der Waals surface area contributed by atoms with Gasteiger partial charge in [0, 0.05) is 28.4 Å². The molecule has 0 saturated carbocycles. The predicted octanol–water partition coefficient (Wildman–Crippen LogP) is 5.86. The smallest absolute Gasteiger partial charge is 0.248 e. The van der Waals surface area contributed by atoms with Crippen molar-refractivity contribution in [3.05, 3.63) is 90.5 Å². The molecule has 3 rings (SSSR count). The average molecular weight is 447 g/mol. The fourth-order valence-electron chi connectivity index (χ4n) is 2.98. The average Bonchev–Trinajstić information content (AvgIpc) is 2.82. The molecule has 3 aromatic rings. The molecule has 5 nitrogen and oxygen atoms in total. The highest BCUT2D eigenvalue weighted by Gasteiger charge is 2.18. The van der Waals surface area contributed by atoms with Gasteiger partial charge >= 0.3 is 0 Å². The molecule has 2 amide bonds. The number of benzene rings is 3. The minimum atomic E-state index is -0.273. The third-order valence-electron chi connectivity index (χ3n) is 4.61. The number of hydrogen-bond acceptors (Lipinski definition) is 4. The second kappa shape index (κ2) is 11.8. The highest BCUT2D eigenvalue weighted by atomic mass is 32.2. The van der Waals surface area contributed by atoms with E-state index < -0.39 is 0 Å². The summed E-state index contributed by atoms with van der Waals surface area (Å²) in [4.78, 5) is 25.9. The van der Waals surface area contributed by atoms with Crippen molar-refractivity contribution in [2.45, 2.75) is 23.5 Å². The summed E-state index contributed by atoms with van der Waals surface area (Å²) in [6.45, 7) is 1.98. The van der Waals surface area contributed by atoms with E-state index in [-0.39, 0.29) is 17.1 Å². The number of carbonyl (C=O) groups excluding carboxylic acids is 2. The van der Waals surface area contributed by atoms with Crippen LogP contribution in [0, 0.1) is 0 Å². The molecule has 1 unspecified atom stereocenters. The zero-order valence-electron chi connectivity index (χ0n) is 18.1. The largest absolute Gasteiger partial charge is 0.497 e. The van der Waals surface area contributed by atoms with Crippen molar-refractivity contribution >= 4 is 41.0 Å². The number of amides is 2. The van der Waals surface area contributed by atoms with E-state index in [0.717, 1.165) is 10.5 Å². The minimum absolute atomic E-state index is 0.0778. The molecule has 0 aliphatic carbocycles. The normalized spacial score (nSPS) is 11.7. The summed E-state index contributed by atoms with van der Waals surface area (Å²) in [7, 11) is 1.59. The van der Waals surface area contributed by atoms with Gasteiger partial charge in [0.25, 0.3) is 0 Å². The van der Waals surface area contributed by atoms with Crippen molar-refractivity contribution in [3.63, 3.8) is 0 Å². The van der Waals surface area contributed by atoms with Crippen molar-refractivity contribution in [1.82, 2.24) is 0 Å². The lowest BCUT2D eigenvalue weighted by molar-refractivity contribution is -0.115. The topological polar surface area (TPSA) is 67.4 Å². The Balaban J connectivity index is 1.61. The Bertz CT molecular complexity index is 1080. The molecule has 6 heteroatoms. The molecule has 0 spiro atoms. The summed E-state index contributed by atoms with van der Waals surface area (Å²) in [5.41, 5.74) is 2.33. The van der Waals surface area contributed by atoms with E-state index in [2.05, 4.69) is 10.6 Å². The Morgan fingerprint density at radius 3 is 2.38 bits per heavy atom. The molecule has 1 atom stereocenters. The highest BCUT2D eigenvalue weighted by Crippen LogP contribution is 2.29. The van der Waals surface area contributed by atoms with Gasteiger partial charge in [-0.25, -0.2) is 0 Å². The van der Waals surface area contributed by atoms with Gasteiger partial charge in [-0.3, -0.25) is 9.59 Å². The number of thioether (sulfide) groups is 1. The van der Waals surface area contributed by atoms with Crippen molar-refractivity contribution in [1.29, 1.82) is 0 Å². The van der Waals surface area contributed by atoms with Gasteiger partial charge in [-0.05, 0) is 48.4 Å². The maximum atomic E-state index is 12.8. The molecule has 164 valence electrons. The van der Waals surface area contributed by atoms with Crippen LogP contribution in [0.1, 0.15) is 18.9 Å². The lowest BCUT2D eigenvalue weighted by Gasteiger charge is -2.16. The Hall–Kier alpha value is -3.51. The van der Waals surface area contributed by atoms with Gasteiger partial charge in [0.1, 0.15) is 5.75 Å². The molecular weight excluding hydrogens is 420 g/mol. The van der Waals surface area contributed by atoms with Gasteiger partial charge in [0.15, 0.2) is 0 Å². The third kappa shape index (κ3) is 7.03. The van der Waals surface area contributed by atoms with E-state index in [1.54, 1.807) is 19.3 Å².